The van der Waals surface area contributed by atoms with E-state index in [-0.39, 0.29) is 23.5 Å². The topological polar surface area (TPSA) is 71.0 Å². The van der Waals surface area contributed by atoms with Gasteiger partial charge in [-0.1, -0.05) is 0 Å². The first-order chi connectivity index (χ1) is 15.3. The van der Waals surface area contributed by atoms with Gasteiger partial charge in [-0.3, -0.25) is 9.80 Å². The molecule has 10 heteroatoms. The Kier molecular flexibility index (Phi) is 5.94. The molecule has 0 aliphatic carbocycles. The van der Waals surface area contributed by atoms with Crippen LogP contribution in [0, 0.1) is 0 Å². The van der Waals surface area contributed by atoms with Crippen LogP contribution in [0.15, 0.2) is 6.07 Å². The summed E-state index contributed by atoms with van der Waals surface area (Å²) in [7, 11) is 0. The predicted molar refractivity (Wildman–Crippen MR) is 126 cm³/mol. The Morgan fingerprint density at radius 1 is 1.22 bits per heavy atom. The second kappa shape index (κ2) is 8.59. The number of halogens is 1. The molecule has 0 saturated carbocycles. The summed E-state index contributed by atoms with van der Waals surface area (Å²) in [6, 6.07) is 2.58. The molecule has 174 valence electrons. The average Bonchev–Trinajstić information content (AvgIpc) is 3.24. The highest BCUT2D eigenvalue weighted by molar-refractivity contribution is 7.19. The van der Waals surface area contributed by atoms with Crippen molar-refractivity contribution < 1.29 is 14.3 Å². The maximum atomic E-state index is 12.7. The second-order valence-electron chi connectivity index (χ2n) is 9.81. The van der Waals surface area contributed by atoms with Crippen molar-refractivity contribution >= 4 is 45.1 Å². The highest BCUT2D eigenvalue weighted by Crippen LogP contribution is 2.36. The number of thiophene rings is 1. The number of hydrogen-bond acceptors (Lipinski definition) is 8. The molecule has 0 aromatic carbocycles. The third kappa shape index (κ3) is 4.53. The number of amides is 1. The average molecular weight is 480 g/mol. The Bertz CT molecular complexity index is 989. The molecule has 3 aliphatic heterocycles. The lowest BCUT2D eigenvalue weighted by Gasteiger charge is -2.41. The van der Waals surface area contributed by atoms with Crippen LogP contribution in [0.25, 0.3) is 10.2 Å². The van der Waals surface area contributed by atoms with Crippen LogP contribution in [0.4, 0.5) is 10.6 Å². The number of piperazine rings is 1. The lowest BCUT2D eigenvalue weighted by Crippen LogP contribution is -2.56. The number of carbonyl (C=O) groups is 1. The zero-order valence-electron chi connectivity index (χ0n) is 18.8. The Hall–Kier alpha value is -1.68. The van der Waals surface area contributed by atoms with Crippen molar-refractivity contribution in [1.29, 1.82) is 0 Å². The minimum Gasteiger partial charge on any atom is -0.444 e. The number of anilines is 1. The molecule has 3 fully saturated rings. The largest absolute Gasteiger partial charge is 0.444 e. The van der Waals surface area contributed by atoms with Crippen LogP contribution in [-0.2, 0) is 16.0 Å². The number of morpholine rings is 1. The molecule has 1 amide bonds. The summed E-state index contributed by atoms with van der Waals surface area (Å²) in [6.45, 7) is 11.4. The number of fused-ring (bicyclic) bond motifs is 3. The van der Waals surface area contributed by atoms with Gasteiger partial charge in [-0.25, -0.2) is 9.78 Å². The number of nitrogens with zero attached hydrogens (tertiary/aromatic N) is 5. The van der Waals surface area contributed by atoms with Gasteiger partial charge in [-0.05, 0) is 51.3 Å². The Labute approximate surface area is 197 Å². The maximum absolute atomic E-state index is 12.7. The van der Waals surface area contributed by atoms with E-state index in [1.54, 1.807) is 11.3 Å². The molecule has 2 aromatic heterocycles. The first kappa shape index (κ1) is 22.1. The smallest absolute Gasteiger partial charge is 0.410 e. The number of likely N-dealkylation sites (tertiary alicyclic amines) is 1. The molecular weight excluding hydrogens is 450 g/mol. The molecule has 5 heterocycles. The van der Waals surface area contributed by atoms with Crippen LogP contribution >= 0.6 is 22.9 Å². The molecule has 8 nitrogen and oxygen atoms in total. The minimum absolute atomic E-state index is 0.174. The molecule has 32 heavy (non-hydrogen) atoms. The SMILES string of the molecule is CC(C)(C)OC(=O)N1C2CCC1CN(Cc1cc3nc(Cl)nc(N4CCOCC4)c3s1)C2. The number of hydrogen-bond donors (Lipinski definition) is 0. The number of carbonyl (C=O) groups excluding carboxylic acids is 1. The van der Waals surface area contributed by atoms with Gasteiger partial charge in [0.25, 0.3) is 0 Å². The van der Waals surface area contributed by atoms with Crippen LogP contribution in [0.5, 0.6) is 0 Å². The summed E-state index contributed by atoms with van der Waals surface area (Å²) in [6.07, 6.45) is 1.90. The van der Waals surface area contributed by atoms with Crippen LogP contribution in [-0.4, -0.2) is 82.9 Å². The van der Waals surface area contributed by atoms with Gasteiger partial charge in [0.15, 0.2) is 5.82 Å². The Morgan fingerprint density at radius 2 is 1.91 bits per heavy atom. The van der Waals surface area contributed by atoms with Crippen LogP contribution < -0.4 is 4.90 Å². The van der Waals surface area contributed by atoms with E-state index in [4.69, 9.17) is 21.1 Å². The molecule has 3 aliphatic rings. The van der Waals surface area contributed by atoms with Gasteiger partial charge in [0, 0.05) is 49.7 Å². The van der Waals surface area contributed by atoms with Gasteiger partial charge in [0.05, 0.1) is 23.4 Å². The summed E-state index contributed by atoms with van der Waals surface area (Å²) in [4.78, 5) is 29.7. The molecule has 0 spiro atoms. The van der Waals surface area contributed by atoms with E-state index in [1.807, 2.05) is 25.7 Å². The van der Waals surface area contributed by atoms with Crippen molar-refractivity contribution in [1.82, 2.24) is 19.8 Å². The second-order valence-corrected chi connectivity index (χ2v) is 11.3. The lowest BCUT2D eigenvalue weighted by atomic mass is 10.2. The summed E-state index contributed by atoms with van der Waals surface area (Å²) < 4.78 is 12.2. The van der Waals surface area contributed by atoms with E-state index < -0.39 is 5.60 Å². The minimum atomic E-state index is -0.467. The Morgan fingerprint density at radius 3 is 2.56 bits per heavy atom. The zero-order chi connectivity index (χ0) is 22.5. The van der Waals surface area contributed by atoms with Crippen LogP contribution in [0.1, 0.15) is 38.5 Å². The fraction of sp³-hybridized carbons (Fsp3) is 0.682. The van der Waals surface area contributed by atoms with E-state index in [1.165, 1.54) is 4.88 Å². The van der Waals surface area contributed by atoms with Crippen molar-refractivity contribution in [2.45, 2.75) is 57.8 Å². The molecular formula is C22H30ClN5O3S. The third-order valence-electron chi connectivity index (χ3n) is 6.23. The maximum Gasteiger partial charge on any atom is 0.410 e. The van der Waals surface area contributed by atoms with Crippen molar-refractivity contribution in [2.24, 2.45) is 0 Å². The van der Waals surface area contributed by atoms with E-state index in [2.05, 4.69) is 25.8 Å². The molecule has 2 bridgehead atoms. The fourth-order valence-electron chi connectivity index (χ4n) is 4.96. The van der Waals surface area contributed by atoms with Crippen molar-refractivity contribution in [3.63, 3.8) is 0 Å². The monoisotopic (exact) mass is 479 g/mol. The normalized spacial score (nSPS) is 24.4. The van der Waals surface area contributed by atoms with E-state index in [0.717, 1.165) is 61.6 Å². The van der Waals surface area contributed by atoms with Crippen molar-refractivity contribution in [3.05, 3.63) is 16.2 Å². The standard InChI is InChI=1S/C22H30ClN5O3S/c1-22(2,3)31-21(29)28-14-4-5-15(28)12-26(11-14)13-16-10-17-18(32-16)19(25-20(23)24-17)27-6-8-30-9-7-27/h10,14-15H,4-9,11-13H2,1-3H3. The Balaban J connectivity index is 1.31. The molecule has 2 atom stereocenters. The molecule has 0 radical (unpaired) electrons. The zero-order valence-corrected chi connectivity index (χ0v) is 20.4. The summed E-state index contributed by atoms with van der Waals surface area (Å²) in [5.74, 6) is 0.911. The lowest BCUT2D eigenvalue weighted by molar-refractivity contribution is -0.00529. The molecule has 0 N–H and O–H groups in total. The summed E-state index contributed by atoms with van der Waals surface area (Å²) in [5.41, 5.74) is 0.437. The van der Waals surface area contributed by atoms with Gasteiger partial charge < -0.3 is 14.4 Å². The van der Waals surface area contributed by atoms with Crippen LogP contribution in [0.3, 0.4) is 0 Å². The number of ether oxygens (including phenoxy) is 2. The molecule has 3 saturated heterocycles. The quantitative estimate of drug-likeness (QED) is 0.620. The number of aromatic nitrogens is 2. The molecule has 2 unspecified atom stereocenters. The predicted octanol–water partition coefficient (Wildman–Crippen LogP) is 3.77. The molecule has 2 aromatic rings. The first-order valence-electron chi connectivity index (χ1n) is 11.3. The number of rotatable bonds is 3. The highest BCUT2D eigenvalue weighted by Gasteiger charge is 2.44. The third-order valence-corrected chi connectivity index (χ3v) is 7.50. The van der Waals surface area contributed by atoms with Gasteiger partial charge in [0.1, 0.15) is 5.60 Å². The van der Waals surface area contributed by atoms with Crippen LogP contribution in [0.2, 0.25) is 5.28 Å². The summed E-state index contributed by atoms with van der Waals surface area (Å²) >= 11 is 7.99. The first-order valence-corrected chi connectivity index (χ1v) is 12.5. The van der Waals surface area contributed by atoms with Gasteiger partial charge in [-0.15, -0.1) is 11.3 Å². The van der Waals surface area contributed by atoms with Gasteiger partial charge in [-0.2, -0.15) is 4.98 Å². The van der Waals surface area contributed by atoms with Crippen molar-refractivity contribution in [3.8, 4) is 0 Å². The van der Waals surface area contributed by atoms with E-state index in [0.29, 0.717) is 13.2 Å². The van der Waals surface area contributed by atoms with E-state index in [9.17, 15) is 4.79 Å². The van der Waals surface area contributed by atoms with E-state index >= 15 is 0 Å². The van der Waals surface area contributed by atoms with Crippen molar-refractivity contribution in [2.75, 3.05) is 44.3 Å². The highest BCUT2D eigenvalue weighted by atomic mass is 35.5. The fourth-order valence-corrected chi connectivity index (χ4v) is 6.28. The van der Waals surface area contributed by atoms with Gasteiger partial charge in [0.2, 0.25) is 5.28 Å². The van der Waals surface area contributed by atoms with Gasteiger partial charge >= 0.3 is 6.09 Å². The summed E-state index contributed by atoms with van der Waals surface area (Å²) in [5, 5.41) is 0.285. The molecule has 5 rings (SSSR count).